The Labute approximate surface area is 124 Å². The average molecular weight is 330 g/mol. The highest BCUT2D eigenvalue weighted by Gasteiger charge is 2.54. The van der Waals surface area contributed by atoms with Crippen molar-refractivity contribution in [2.24, 2.45) is 23.2 Å². The van der Waals surface area contributed by atoms with Crippen molar-refractivity contribution in [3.05, 3.63) is 0 Å². The summed E-state index contributed by atoms with van der Waals surface area (Å²) in [5.74, 6) is 2.76. The van der Waals surface area contributed by atoms with Crippen molar-refractivity contribution in [1.29, 1.82) is 0 Å². The molecule has 0 radical (unpaired) electrons. The number of hydrogen-bond acceptors (Lipinski definition) is 2. The van der Waals surface area contributed by atoms with Gasteiger partial charge in [0.25, 0.3) is 0 Å². The minimum atomic E-state index is -0.0388. The highest BCUT2D eigenvalue weighted by atomic mass is 79.9. The van der Waals surface area contributed by atoms with E-state index in [-0.39, 0.29) is 11.5 Å². The van der Waals surface area contributed by atoms with Gasteiger partial charge in [-0.1, -0.05) is 15.9 Å². The standard InChI is InChI=1S/C15H24BrNO2/c1-19-9-13(8-16)17-14(18)15-5-10-2-11(6-15)4-12(3-10)7-15/h10-13H,2-9H2,1H3,(H,17,18). The molecular weight excluding hydrogens is 306 g/mol. The van der Waals surface area contributed by atoms with Crippen molar-refractivity contribution in [2.75, 3.05) is 19.0 Å². The highest BCUT2D eigenvalue weighted by molar-refractivity contribution is 9.09. The van der Waals surface area contributed by atoms with Crippen LogP contribution in [-0.2, 0) is 9.53 Å². The number of ether oxygens (including phenoxy) is 1. The largest absolute Gasteiger partial charge is 0.383 e. The van der Waals surface area contributed by atoms with Gasteiger partial charge in [0, 0.05) is 17.9 Å². The zero-order valence-corrected chi connectivity index (χ0v) is 13.2. The van der Waals surface area contributed by atoms with E-state index in [9.17, 15) is 4.79 Å². The SMILES string of the molecule is COCC(CBr)NC(=O)C12CC3CC(CC(C3)C1)C2. The van der Waals surface area contributed by atoms with Gasteiger partial charge in [-0.05, 0) is 56.3 Å². The Hall–Kier alpha value is -0.0900. The minimum absolute atomic E-state index is 0.0388. The first-order valence-electron chi connectivity index (χ1n) is 7.51. The molecule has 0 aromatic carbocycles. The predicted molar refractivity (Wildman–Crippen MR) is 78.2 cm³/mol. The van der Waals surface area contributed by atoms with Gasteiger partial charge in [0.1, 0.15) is 0 Å². The number of carbonyl (C=O) groups is 1. The van der Waals surface area contributed by atoms with Crippen molar-refractivity contribution in [1.82, 2.24) is 5.32 Å². The summed E-state index contributed by atoms with van der Waals surface area (Å²) in [6, 6.07) is 0.102. The van der Waals surface area contributed by atoms with Crippen LogP contribution in [0.15, 0.2) is 0 Å². The summed E-state index contributed by atoms with van der Waals surface area (Å²) >= 11 is 3.46. The predicted octanol–water partition coefficient (Wildman–Crippen LogP) is 2.73. The molecule has 0 aromatic heterocycles. The molecule has 4 rings (SSSR count). The number of rotatable bonds is 5. The van der Waals surface area contributed by atoms with E-state index < -0.39 is 0 Å². The van der Waals surface area contributed by atoms with Gasteiger partial charge in [0.05, 0.1) is 12.6 Å². The zero-order valence-electron chi connectivity index (χ0n) is 11.7. The van der Waals surface area contributed by atoms with Crippen molar-refractivity contribution in [2.45, 2.75) is 44.6 Å². The second-order valence-electron chi connectivity index (χ2n) is 6.98. The summed E-state index contributed by atoms with van der Waals surface area (Å²) in [5, 5.41) is 3.98. The number of halogens is 1. The molecule has 4 aliphatic rings. The van der Waals surface area contributed by atoms with E-state index in [0.717, 1.165) is 42.3 Å². The quantitative estimate of drug-likeness (QED) is 0.787. The number of carbonyl (C=O) groups excluding carboxylic acids is 1. The fraction of sp³-hybridized carbons (Fsp3) is 0.933. The molecule has 0 spiro atoms. The molecule has 108 valence electrons. The van der Waals surface area contributed by atoms with Crippen LogP contribution >= 0.6 is 15.9 Å². The molecule has 0 aliphatic heterocycles. The summed E-state index contributed by atoms with van der Waals surface area (Å²) in [7, 11) is 1.69. The van der Waals surface area contributed by atoms with Crippen LogP contribution in [0.3, 0.4) is 0 Å². The molecule has 19 heavy (non-hydrogen) atoms. The van der Waals surface area contributed by atoms with Crippen LogP contribution in [0.1, 0.15) is 38.5 Å². The fourth-order valence-corrected chi connectivity index (χ4v) is 5.40. The van der Waals surface area contributed by atoms with Crippen LogP contribution in [0.5, 0.6) is 0 Å². The summed E-state index contributed by atoms with van der Waals surface area (Å²) in [6.07, 6.45) is 7.54. The van der Waals surface area contributed by atoms with Gasteiger partial charge in [-0.3, -0.25) is 4.79 Å². The third kappa shape index (κ3) is 2.58. The lowest BCUT2D eigenvalue weighted by Gasteiger charge is -2.55. The normalized spacial score (nSPS) is 41.3. The second-order valence-corrected chi connectivity index (χ2v) is 7.63. The van der Waals surface area contributed by atoms with E-state index >= 15 is 0 Å². The van der Waals surface area contributed by atoms with Crippen molar-refractivity contribution in [3.63, 3.8) is 0 Å². The van der Waals surface area contributed by atoms with Crippen LogP contribution in [0.2, 0.25) is 0 Å². The third-order valence-corrected chi connectivity index (χ3v) is 6.19. The van der Waals surface area contributed by atoms with Gasteiger partial charge in [-0.25, -0.2) is 0 Å². The molecular formula is C15H24BrNO2. The van der Waals surface area contributed by atoms with Crippen LogP contribution in [-0.4, -0.2) is 31.0 Å². The average Bonchev–Trinajstić information content (AvgIpc) is 2.36. The first-order chi connectivity index (χ1) is 9.15. The minimum Gasteiger partial charge on any atom is -0.383 e. The molecule has 3 nitrogen and oxygen atoms in total. The molecule has 4 bridgehead atoms. The Bertz CT molecular complexity index is 323. The number of methoxy groups -OCH3 is 1. The van der Waals surface area contributed by atoms with Crippen LogP contribution in [0.4, 0.5) is 0 Å². The molecule has 4 heteroatoms. The maximum Gasteiger partial charge on any atom is 0.226 e. The lowest BCUT2D eigenvalue weighted by molar-refractivity contribution is -0.147. The van der Waals surface area contributed by atoms with Gasteiger partial charge < -0.3 is 10.1 Å². The fourth-order valence-electron chi connectivity index (χ4n) is 5.05. The first kappa shape index (κ1) is 13.9. The highest BCUT2D eigenvalue weighted by Crippen LogP contribution is 2.60. The van der Waals surface area contributed by atoms with E-state index in [0.29, 0.717) is 12.5 Å². The summed E-state index contributed by atoms with van der Waals surface area (Å²) in [4.78, 5) is 12.8. The van der Waals surface area contributed by atoms with Gasteiger partial charge in [0.15, 0.2) is 0 Å². The lowest BCUT2D eigenvalue weighted by atomic mass is 9.49. The summed E-state index contributed by atoms with van der Waals surface area (Å²) in [6.45, 7) is 0.587. The second kappa shape index (κ2) is 5.36. The van der Waals surface area contributed by atoms with E-state index in [1.165, 1.54) is 19.3 Å². The van der Waals surface area contributed by atoms with Crippen LogP contribution < -0.4 is 5.32 Å². The lowest BCUT2D eigenvalue weighted by Crippen LogP contribution is -2.56. The van der Waals surface area contributed by atoms with Crippen molar-refractivity contribution in [3.8, 4) is 0 Å². The van der Waals surface area contributed by atoms with E-state index in [1.807, 2.05) is 0 Å². The smallest absolute Gasteiger partial charge is 0.226 e. The monoisotopic (exact) mass is 329 g/mol. The Balaban J connectivity index is 1.69. The molecule has 1 unspecified atom stereocenters. The maximum atomic E-state index is 12.8. The molecule has 0 aromatic rings. The molecule has 1 N–H and O–H groups in total. The maximum absolute atomic E-state index is 12.8. The van der Waals surface area contributed by atoms with E-state index in [4.69, 9.17) is 4.74 Å². The third-order valence-electron chi connectivity index (χ3n) is 5.41. The zero-order chi connectivity index (χ0) is 13.5. The van der Waals surface area contributed by atoms with Crippen LogP contribution in [0, 0.1) is 23.2 Å². The van der Waals surface area contributed by atoms with Crippen LogP contribution in [0.25, 0.3) is 0 Å². The summed E-state index contributed by atoms with van der Waals surface area (Å²) in [5.41, 5.74) is -0.0388. The molecule has 4 aliphatic carbocycles. The molecule has 4 fully saturated rings. The Morgan fingerprint density at radius 3 is 2.21 bits per heavy atom. The first-order valence-corrected chi connectivity index (χ1v) is 8.63. The van der Waals surface area contributed by atoms with Gasteiger partial charge in [0.2, 0.25) is 5.91 Å². The van der Waals surface area contributed by atoms with Gasteiger partial charge >= 0.3 is 0 Å². The molecule has 0 saturated heterocycles. The Kier molecular flexibility index (Phi) is 3.91. The van der Waals surface area contributed by atoms with Crippen molar-refractivity contribution < 1.29 is 9.53 Å². The number of alkyl halides is 1. The number of amides is 1. The van der Waals surface area contributed by atoms with Crippen molar-refractivity contribution >= 4 is 21.8 Å². The molecule has 1 amide bonds. The Morgan fingerprint density at radius 2 is 1.79 bits per heavy atom. The topological polar surface area (TPSA) is 38.3 Å². The van der Waals surface area contributed by atoms with Gasteiger partial charge in [-0.15, -0.1) is 0 Å². The molecule has 1 atom stereocenters. The van der Waals surface area contributed by atoms with E-state index in [2.05, 4.69) is 21.2 Å². The number of hydrogen-bond donors (Lipinski definition) is 1. The number of nitrogens with one attached hydrogen (secondary N) is 1. The van der Waals surface area contributed by atoms with Gasteiger partial charge in [-0.2, -0.15) is 0 Å². The molecule has 4 saturated carbocycles. The van der Waals surface area contributed by atoms with E-state index in [1.54, 1.807) is 7.11 Å². The Morgan fingerprint density at radius 1 is 1.26 bits per heavy atom. The molecule has 0 heterocycles. The summed E-state index contributed by atoms with van der Waals surface area (Å²) < 4.78 is 5.17.